The molecular weight excluding hydrogens is 332 g/mol. The average Bonchev–Trinajstić information content (AvgIpc) is 3.41. The highest BCUT2D eigenvalue weighted by Crippen LogP contribution is 2.17. The third kappa shape index (κ3) is 3.96. The van der Waals surface area contributed by atoms with Crippen LogP contribution in [0.2, 0.25) is 0 Å². The number of aromatic nitrogens is 4. The third-order valence-corrected chi connectivity index (χ3v) is 4.04. The minimum atomic E-state index is 0.915. The van der Waals surface area contributed by atoms with Gasteiger partial charge in [-0.15, -0.1) is 6.58 Å². The highest BCUT2D eigenvalue weighted by atomic mass is 14.8. The van der Waals surface area contributed by atoms with Crippen LogP contribution >= 0.6 is 0 Å². The van der Waals surface area contributed by atoms with Gasteiger partial charge in [0.1, 0.15) is 0 Å². The molecule has 0 fully saturated rings. The van der Waals surface area contributed by atoms with Crippen molar-refractivity contribution in [2.24, 2.45) is 0 Å². The first-order valence-corrected chi connectivity index (χ1v) is 8.83. The second-order valence-corrected chi connectivity index (χ2v) is 6.31. The lowest BCUT2D eigenvalue weighted by Gasteiger charge is -1.86. The van der Waals surface area contributed by atoms with E-state index in [1.807, 2.05) is 49.4 Å². The Morgan fingerprint density at radius 1 is 0.630 bits per heavy atom. The number of hydrogen-bond donors (Lipinski definition) is 2. The van der Waals surface area contributed by atoms with E-state index in [1.54, 1.807) is 6.08 Å². The smallest absolute Gasteiger partial charge is 0.0659 e. The molecule has 0 unspecified atom stereocenters. The monoisotopic (exact) mass is 352 g/mol. The summed E-state index contributed by atoms with van der Waals surface area (Å²) in [4.78, 5) is 16.0. The molecule has 2 N–H and O–H groups in total. The maximum absolute atomic E-state index is 4.62. The quantitative estimate of drug-likeness (QED) is 0.344. The molecule has 3 aromatic rings. The van der Waals surface area contributed by atoms with Crippen LogP contribution in [-0.2, 0) is 0 Å². The van der Waals surface area contributed by atoms with Gasteiger partial charge in [0.15, 0.2) is 0 Å². The molecule has 4 nitrogen and oxygen atoms in total. The van der Waals surface area contributed by atoms with E-state index in [1.165, 1.54) is 0 Å². The molecule has 0 radical (unpaired) electrons. The van der Waals surface area contributed by atoms with Crippen LogP contribution in [0.1, 0.15) is 29.7 Å². The van der Waals surface area contributed by atoms with Gasteiger partial charge in [0.05, 0.1) is 22.8 Å². The van der Waals surface area contributed by atoms with E-state index in [2.05, 4.69) is 56.8 Å². The van der Waals surface area contributed by atoms with Crippen molar-refractivity contribution in [2.45, 2.75) is 6.92 Å². The highest BCUT2D eigenvalue weighted by molar-refractivity contribution is 5.77. The van der Waals surface area contributed by atoms with E-state index >= 15 is 0 Å². The van der Waals surface area contributed by atoms with E-state index in [9.17, 15) is 0 Å². The Hall–Kier alpha value is -3.66. The fourth-order valence-corrected chi connectivity index (χ4v) is 2.94. The van der Waals surface area contributed by atoms with Gasteiger partial charge in [-0.1, -0.05) is 6.08 Å². The maximum atomic E-state index is 4.62. The van der Waals surface area contributed by atoms with E-state index in [-0.39, 0.29) is 0 Å². The predicted octanol–water partition coefficient (Wildman–Crippen LogP) is 5.85. The second-order valence-electron chi connectivity index (χ2n) is 6.31. The van der Waals surface area contributed by atoms with Gasteiger partial charge in [-0.3, -0.25) is 0 Å². The van der Waals surface area contributed by atoms with Crippen molar-refractivity contribution >= 4 is 46.4 Å². The van der Waals surface area contributed by atoms with E-state index in [0.717, 1.165) is 44.8 Å². The van der Waals surface area contributed by atoms with Crippen molar-refractivity contribution < 1.29 is 0 Å². The highest BCUT2D eigenvalue weighted by Gasteiger charge is 2.02. The van der Waals surface area contributed by atoms with Crippen LogP contribution in [0.4, 0.5) is 0 Å². The molecule has 132 valence electrons. The molecule has 2 aliphatic rings. The Balaban J connectivity index is 0.000000565. The summed E-state index contributed by atoms with van der Waals surface area (Å²) in [7, 11) is 0. The van der Waals surface area contributed by atoms with Crippen molar-refractivity contribution in [1.29, 1.82) is 0 Å². The fourth-order valence-electron chi connectivity index (χ4n) is 2.94. The Morgan fingerprint density at radius 2 is 0.963 bits per heavy atom. The maximum Gasteiger partial charge on any atom is 0.0659 e. The molecule has 0 aromatic carbocycles. The number of nitrogens with one attached hydrogen (secondary N) is 2. The van der Waals surface area contributed by atoms with Crippen LogP contribution in [0.15, 0.2) is 61.2 Å². The number of aromatic amines is 2. The minimum absolute atomic E-state index is 0.915. The Labute approximate surface area is 157 Å². The molecule has 2 aliphatic heterocycles. The van der Waals surface area contributed by atoms with Crippen molar-refractivity contribution in [3.05, 3.63) is 84.0 Å². The Kier molecular flexibility index (Phi) is 4.54. The first-order chi connectivity index (χ1) is 13.2. The fraction of sp³-hybridized carbons (Fsp3) is 0.0435. The molecule has 5 rings (SSSR count). The lowest BCUT2D eigenvalue weighted by molar-refractivity contribution is 1.28. The molecule has 0 amide bonds. The van der Waals surface area contributed by atoms with Crippen molar-refractivity contribution in [3.63, 3.8) is 0 Å². The van der Waals surface area contributed by atoms with Gasteiger partial charge in [0, 0.05) is 22.1 Å². The van der Waals surface area contributed by atoms with Crippen LogP contribution in [-0.4, -0.2) is 19.9 Å². The summed E-state index contributed by atoms with van der Waals surface area (Å²) in [5.74, 6) is 0. The van der Waals surface area contributed by atoms with Gasteiger partial charge in [-0.25, -0.2) is 9.97 Å². The molecule has 8 bridgehead atoms. The number of hydrogen-bond acceptors (Lipinski definition) is 2. The number of rotatable bonds is 0. The first-order valence-electron chi connectivity index (χ1n) is 8.83. The zero-order valence-electron chi connectivity index (χ0n) is 15.1. The van der Waals surface area contributed by atoms with E-state index in [4.69, 9.17) is 0 Å². The van der Waals surface area contributed by atoms with Gasteiger partial charge in [-0.2, -0.15) is 0 Å². The molecular formula is C23H20N4. The molecule has 0 saturated heterocycles. The molecule has 0 saturated carbocycles. The lowest BCUT2D eigenvalue weighted by Crippen LogP contribution is -1.77. The van der Waals surface area contributed by atoms with Crippen molar-refractivity contribution in [3.8, 4) is 0 Å². The molecule has 0 spiro atoms. The zero-order valence-corrected chi connectivity index (χ0v) is 15.1. The van der Waals surface area contributed by atoms with Gasteiger partial charge < -0.3 is 9.97 Å². The largest absolute Gasteiger partial charge is 0.355 e. The van der Waals surface area contributed by atoms with Gasteiger partial charge in [0.25, 0.3) is 0 Å². The Morgan fingerprint density at radius 3 is 1.37 bits per heavy atom. The van der Waals surface area contributed by atoms with Crippen LogP contribution in [0.3, 0.4) is 0 Å². The van der Waals surface area contributed by atoms with Crippen molar-refractivity contribution in [2.75, 3.05) is 0 Å². The normalized spacial score (nSPS) is 11.7. The van der Waals surface area contributed by atoms with Gasteiger partial charge in [-0.05, 0) is 79.8 Å². The average molecular weight is 352 g/mol. The third-order valence-electron chi connectivity index (χ3n) is 4.04. The Bertz CT molecular complexity index is 1120. The summed E-state index contributed by atoms with van der Waals surface area (Å²) in [6.45, 7) is 5.25. The molecule has 0 aliphatic carbocycles. The summed E-state index contributed by atoms with van der Waals surface area (Å²) in [6, 6.07) is 16.4. The molecule has 5 heterocycles. The van der Waals surface area contributed by atoms with Crippen molar-refractivity contribution in [1.82, 2.24) is 19.9 Å². The first kappa shape index (κ1) is 16.8. The SMILES string of the molecule is C1=Cc2cc3ccc(cc4ccc(cc5nc(cc1n2)C=C5)[nH]4)[nH]3.C=CC. The summed E-state index contributed by atoms with van der Waals surface area (Å²) >= 11 is 0. The van der Waals surface area contributed by atoms with Crippen LogP contribution in [0.5, 0.6) is 0 Å². The molecule has 4 heteroatoms. The number of allylic oxidation sites excluding steroid dienone is 1. The van der Waals surface area contributed by atoms with Crippen LogP contribution in [0, 0.1) is 0 Å². The number of nitrogens with zero attached hydrogens (tertiary/aromatic N) is 2. The summed E-state index contributed by atoms with van der Waals surface area (Å²) < 4.78 is 0. The molecule has 27 heavy (non-hydrogen) atoms. The summed E-state index contributed by atoms with van der Waals surface area (Å²) in [5, 5.41) is 0. The second kappa shape index (κ2) is 7.30. The lowest BCUT2D eigenvalue weighted by atomic mass is 10.3. The van der Waals surface area contributed by atoms with Gasteiger partial charge in [0.2, 0.25) is 0 Å². The van der Waals surface area contributed by atoms with Gasteiger partial charge >= 0.3 is 0 Å². The number of fused-ring (bicyclic) bond motifs is 8. The molecule has 3 aromatic heterocycles. The topological polar surface area (TPSA) is 57.4 Å². The van der Waals surface area contributed by atoms with E-state index in [0.29, 0.717) is 0 Å². The standard InChI is InChI=1S/C20H14N4.C3H6/c1-2-14-10-16-5-6-18(23-16)12-20-8-7-19(24-20)11-17-4-3-15(22-17)9-13(1)21-14;1-3-2/h1-12,21-22H;3H,1H2,2H3. The van der Waals surface area contributed by atoms with Crippen LogP contribution < -0.4 is 0 Å². The number of H-pyrrole nitrogens is 2. The summed E-state index contributed by atoms with van der Waals surface area (Å²) in [6.07, 6.45) is 9.80. The summed E-state index contributed by atoms with van der Waals surface area (Å²) in [5.41, 5.74) is 7.86. The zero-order chi connectivity index (χ0) is 18.6. The molecule has 0 atom stereocenters. The van der Waals surface area contributed by atoms with Crippen LogP contribution in [0.25, 0.3) is 46.4 Å². The van der Waals surface area contributed by atoms with E-state index < -0.39 is 0 Å². The minimum Gasteiger partial charge on any atom is -0.355 e. The predicted molar refractivity (Wildman–Crippen MR) is 115 cm³/mol.